The molecule has 4 heteroatoms. The van der Waals surface area contributed by atoms with Crippen molar-refractivity contribution in [2.75, 3.05) is 0 Å². The van der Waals surface area contributed by atoms with Crippen molar-refractivity contribution in [2.45, 2.75) is 276 Å². The molecule has 0 radical (unpaired) electrons. The number of hydrogen-bond donors (Lipinski definition) is 4. The van der Waals surface area contributed by atoms with Gasteiger partial charge in [0.2, 0.25) is 0 Å². The number of rotatable bonds is 10. The first kappa shape index (κ1) is 51.7. The number of nitrogens with two attached hydrogens (primary N) is 2. The normalized spacial score (nSPS) is 54.1. The largest absolute Gasteiger partial charge is 0.393 e. The van der Waals surface area contributed by atoms with Gasteiger partial charge < -0.3 is 21.7 Å². The van der Waals surface area contributed by atoms with E-state index in [9.17, 15) is 10.2 Å². The molecule has 0 bridgehead atoms. The zero-order chi connectivity index (χ0) is 47.5. The summed E-state index contributed by atoms with van der Waals surface area (Å²) < 4.78 is 0. The Balaban J connectivity index is 0.000000191. The Morgan fingerprint density at radius 1 is 0.406 bits per heavy atom. The standard InChI is InChI=1S/2C30H55NO/c2*1-20(2)10-9-11-21(3)23-13-14-27(5)24-18-25(31)29(7)19-22(32)12-15-30(29,8)28(24,6)17-16-26(23,27)4/h2*20-25,32H,9-19,31H2,1-8H3/t21-,22-,23?,24-,25+,26+,27-,28-,29+,30+;21-,22-,23?,24-,25-,26+,27-,28-,29+,30+/m00/s1. The Hall–Kier alpha value is -0.160. The van der Waals surface area contributed by atoms with E-state index >= 15 is 0 Å². The van der Waals surface area contributed by atoms with E-state index in [0.29, 0.717) is 44.3 Å². The second kappa shape index (κ2) is 17.3. The van der Waals surface area contributed by atoms with Crippen LogP contribution < -0.4 is 11.5 Å². The Bertz CT molecular complexity index is 1530. The van der Waals surface area contributed by atoms with Gasteiger partial charge in [-0.25, -0.2) is 0 Å². The number of aliphatic hydroxyl groups is 2. The summed E-state index contributed by atoms with van der Waals surface area (Å²) in [6.45, 7) is 40.7. The van der Waals surface area contributed by atoms with Gasteiger partial charge in [0, 0.05) is 12.1 Å². The predicted molar refractivity (Wildman–Crippen MR) is 273 cm³/mol. The van der Waals surface area contributed by atoms with E-state index in [1.807, 2.05) is 0 Å². The van der Waals surface area contributed by atoms with Crippen molar-refractivity contribution in [3.8, 4) is 0 Å². The highest BCUT2D eigenvalue weighted by Gasteiger charge is 2.75. The van der Waals surface area contributed by atoms with E-state index in [2.05, 4.69) is 111 Å². The highest BCUT2D eigenvalue weighted by Crippen LogP contribution is 2.81. The van der Waals surface area contributed by atoms with Gasteiger partial charge in [0.1, 0.15) is 0 Å². The van der Waals surface area contributed by atoms with Crippen LogP contribution in [-0.4, -0.2) is 34.5 Å². The van der Waals surface area contributed by atoms with Crippen LogP contribution in [0.2, 0.25) is 0 Å². The molecule has 0 aliphatic heterocycles. The van der Waals surface area contributed by atoms with Gasteiger partial charge >= 0.3 is 0 Å². The molecule has 0 aromatic heterocycles. The topological polar surface area (TPSA) is 92.5 Å². The summed E-state index contributed by atoms with van der Waals surface area (Å²) in [4.78, 5) is 0. The van der Waals surface area contributed by atoms with Gasteiger partial charge in [-0.3, -0.25) is 0 Å². The minimum Gasteiger partial charge on any atom is -0.393 e. The van der Waals surface area contributed by atoms with Gasteiger partial charge in [0.25, 0.3) is 0 Å². The number of hydrogen-bond acceptors (Lipinski definition) is 4. The average Bonchev–Trinajstić information content (AvgIpc) is 3.65. The fourth-order valence-corrected chi connectivity index (χ4v) is 21.3. The fourth-order valence-electron chi connectivity index (χ4n) is 21.3. The van der Waals surface area contributed by atoms with Crippen molar-refractivity contribution in [3.05, 3.63) is 0 Å². The zero-order valence-corrected chi connectivity index (χ0v) is 45.5. The van der Waals surface area contributed by atoms with Crippen molar-refractivity contribution in [2.24, 2.45) is 113 Å². The molecule has 6 N–H and O–H groups in total. The van der Waals surface area contributed by atoms with E-state index in [1.54, 1.807) is 0 Å². The van der Waals surface area contributed by atoms with Gasteiger partial charge in [-0.15, -0.1) is 0 Å². The summed E-state index contributed by atoms with van der Waals surface area (Å²) in [7, 11) is 0. The van der Waals surface area contributed by atoms with E-state index < -0.39 is 0 Å². The summed E-state index contributed by atoms with van der Waals surface area (Å²) in [6, 6.07) is 0.421. The van der Waals surface area contributed by atoms with Crippen LogP contribution in [0, 0.1) is 101 Å². The summed E-state index contributed by atoms with van der Waals surface area (Å²) in [6.07, 6.45) is 27.5. The second-order valence-electron chi connectivity index (χ2n) is 29.5. The molecule has 8 saturated carbocycles. The molecule has 64 heavy (non-hydrogen) atoms. The molecular weight excluding hydrogens is 781 g/mol. The third-order valence-electron chi connectivity index (χ3n) is 26.8. The summed E-state index contributed by atoms with van der Waals surface area (Å²) >= 11 is 0. The first-order valence-corrected chi connectivity index (χ1v) is 28.4. The van der Waals surface area contributed by atoms with Gasteiger partial charge in [0.15, 0.2) is 0 Å². The highest BCUT2D eigenvalue weighted by molar-refractivity contribution is 5.25. The number of fused-ring (bicyclic) bond motifs is 10. The lowest BCUT2D eigenvalue weighted by atomic mass is 9.31. The van der Waals surface area contributed by atoms with Gasteiger partial charge in [-0.05, 0) is 204 Å². The van der Waals surface area contributed by atoms with E-state index in [1.165, 1.54) is 89.9 Å². The Morgan fingerprint density at radius 3 is 1.06 bits per heavy atom. The molecule has 2 unspecified atom stereocenters. The van der Waals surface area contributed by atoms with Crippen molar-refractivity contribution in [1.82, 2.24) is 0 Å². The summed E-state index contributed by atoms with van der Waals surface area (Å²) in [5.41, 5.74) is 17.1. The minimum absolute atomic E-state index is 0.0577. The number of aliphatic hydroxyl groups excluding tert-OH is 2. The van der Waals surface area contributed by atoms with Crippen molar-refractivity contribution in [1.29, 1.82) is 0 Å². The van der Waals surface area contributed by atoms with Crippen molar-refractivity contribution in [3.63, 3.8) is 0 Å². The molecular formula is C60H110N2O2. The zero-order valence-electron chi connectivity index (χ0n) is 45.5. The fraction of sp³-hybridized carbons (Fsp3) is 1.00. The van der Waals surface area contributed by atoms with Crippen molar-refractivity contribution >= 4 is 0 Å². The molecule has 0 amide bonds. The smallest absolute Gasteiger partial charge is 0.0546 e. The van der Waals surface area contributed by atoms with E-state index in [-0.39, 0.29) is 46.0 Å². The minimum atomic E-state index is -0.161. The third-order valence-corrected chi connectivity index (χ3v) is 26.8. The van der Waals surface area contributed by atoms with Gasteiger partial charge in [-0.2, -0.15) is 0 Å². The summed E-state index contributed by atoms with van der Waals surface area (Å²) in [5.74, 6) is 6.50. The average molecular weight is 892 g/mol. The molecule has 0 aromatic carbocycles. The molecule has 0 spiro atoms. The maximum Gasteiger partial charge on any atom is 0.0546 e. The molecule has 8 fully saturated rings. The maximum atomic E-state index is 10.6. The molecule has 8 aliphatic carbocycles. The van der Waals surface area contributed by atoms with Crippen LogP contribution in [0.5, 0.6) is 0 Å². The predicted octanol–water partition coefficient (Wildman–Crippen LogP) is 15.2. The van der Waals surface area contributed by atoms with Crippen LogP contribution in [0.25, 0.3) is 0 Å². The van der Waals surface area contributed by atoms with Gasteiger partial charge in [0.05, 0.1) is 12.2 Å². The maximum absolute atomic E-state index is 10.6. The van der Waals surface area contributed by atoms with E-state index in [4.69, 9.17) is 11.5 Å². The molecule has 8 aliphatic rings. The lowest BCUT2D eigenvalue weighted by Crippen LogP contribution is -2.71. The van der Waals surface area contributed by atoms with Crippen LogP contribution in [-0.2, 0) is 0 Å². The monoisotopic (exact) mass is 891 g/mol. The van der Waals surface area contributed by atoms with Crippen LogP contribution >= 0.6 is 0 Å². The Morgan fingerprint density at radius 2 is 0.734 bits per heavy atom. The lowest BCUT2D eigenvalue weighted by Gasteiger charge is -2.74. The molecule has 0 saturated heterocycles. The molecule has 4 nitrogen and oxygen atoms in total. The van der Waals surface area contributed by atoms with Crippen LogP contribution in [0.3, 0.4) is 0 Å². The Kier molecular flexibility index (Phi) is 14.0. The third kappa shape index (κ3) is 7.24. The highest BCUT2D eigenvalue weighted by atomic mass is 16.3. The van der Waals surface area contributed by atoms with E-state index in [0.717, 1.165) is 86.9 Å². The second-order valence-corrected chi connectivity index (χ2v) is 29.5. The quantitative estimate of drug-likeness (QED) is 0.176. The summed E-state index contributed by atoms with van der Waals surface area (Å²) in [5, 5.41) is 21.2. The lowest BCUT2D eigenvalue weighted by molar-refractivity contribution is -0.252. The van der Waals surface area contributed by atoms with Crippen molar-refractivity contribution < 1.29 is 10.2 Å². The van der Waals surface area contributed by atoms with Crippen LogP contribution in [0.15, 0.2) is 0 Å². The molecule has 372 valence electrons. The first-order chi connectivity index (χ1) is 29.5. The van der Waals surface area contributed by atoms with Gasteiger partial charge in [-0.1, -0.05) is 149 Å². The first-order valence-electron chi connectivity index (χ1n) is 28.4. The van der Waals surface area contributed by atoms with Crippen LogP contribution in [0.1, 0.15) is 252 Å². The molecule has 20 atom stereocenters. The SMILES string of the molecule is CC(C)CCC[C@H](C)C1CC[C@@]2(C)[C@@H]3C[C@@H](N)[C@@]4(C)C[C@@H](O)CC[C@]4(C)[C@@]3(C)CC[C@]12C.CC(C)CCC[C@H](C)C1CC[C@@]2(C)[C@@H]3C[C@H](N)[C@@]4(C)C[C@@H](O)CC[C@]4(C)[C@@]3(C)CC[C@]12C. The molecule has 0 aromatic rings. The molecule has 0 heterocycles. The van der Waals surface area contributed by atoms with Crippen LogP contribution in [0.4, 0.5) is 0 Å². The molecule has 8 rings (SSSR count). The Labute approximate surface area is 397 Å².